The molecule has 1 aliphatic rings. The van der Waals surface area contributed by atoms with Crippen LogP contribution in [0.1, 0.15) is 29.2 Å². The van der Waals surface area contributed by atoms with E-state index in [2.05, 4.69) is 41.7 Å². The summed E-state index contributed by atoms with van der Waals surface area (Å²) in [5.41, 5.74) is 3.46. The van der Waals surface area contributed by atoms with Crippen molar-refractivity contribution in [1.29, 1.82) is 0 Å². The van der Waals surface area contributed by atoms with E-state index < -0.39 is 9.84 Å². The maximum absolute atomic E-state index is 12.3. The van der Waals surface area contributed by atoms with Crippen LogP contribution in [0, 0.1) is 6.92 Å². The number of amides is 1. The summed E-state index contributed by atoms with van der Waals surface area (Å²) < 4.78 is 23.1. The number of carbonyl (C=O) groups excluding carboxylic acids is 1. The first-order valence-electron chi connectivity index (χ1n) is 8.87. The van der Waals surface area contributed by atoms with Gasteiger partial charge >= 0.3 is 0 Å². The van der Waals surface area contributed by atoms with E-state index in [4.69, 9.17) is 0 Å². The molecule has 2 aromatic rings. The average molecular weight is 373 g/mol. The predicted molar refractivity (Wildman–Crippen MR) is 101 cm³/mol. The van der Waals surface area contributed by atoms with Gasteiger partial charge in [0.25, 0.3) is 5.91 Å². The van der Waals surface area contributed by atoms with Crippen LogP contribution < -0.4 is 10.6 Å². The molecule has 0 unspecified atom stereocenters. The summed E-state index contributed by atoms with van der Waals surface area (Å²) >= 11 is 0. The molecule has 1 saturated heterocycles. The predicted octanol–water partition coefficient (Wildman–Crippen LogP) is 0.951. The molecule has 0 bridgehead atoms. The summed E-state index contributed by atoms with van der Waals surface area (Å²) in [4.78, 5) is 12.3. The molecule has 3 N–H and O–H groups in total. The molecule has 0 aliphatic carbocycles. The minimum absolute atomic E-state index is 0.0230. The fourth-order valence-electron chi connectivity index (χ4n) is 3.32. The highest BCUT2D eigenvalue weighted by atomic mass is 32.2. The SMILES string of the molecule is Cc1ccc([C@@H]([NH2+]CC(=O)N[C@@H]2CCS(=O)(=O)C2)c2ccccc2)cc1. The van der Waals surface area contributed by atoms with Crippen molar-refractivity contribution in [2.45, 2.75) is 25.4 Å². The molecule has 0 radical (unpaired) electrons. The van der Waals surface area contributed by atoms with Crippen molar-refractivity contribution >= 4 is 15.7 Å². The lowest BCUT2D eigenvalue weighted by molar-refractivity contribution is -0.676. The second-order valence-electron chi connectivity index (χ2n) is 6.91. The van der Waals surface area contributed by atoms with Crippen molar-refractivity contribution in [2.75, 3.05) is 18.1 Å². The van der Waals surface area contributed by atoms with Gasteiger partial charge in [0.1, 0.15) is 6.04 Å². The number of sulfone groups is 1. The Labute approximate surface area is 154 Å². The lowest BCUT2D eigenvalue weighted by atomic mass is 9.98. The smallest absolute Gasteiger partial charge is 0.275 e. The molecule has 2 atom stereocenters. The van der Waals surface area contributed by atoms with Crippen LogP contribution in [0.2, 0.25) is 0 Å². The van der Waals surface area contributed by atoms with Crippen molar-refractivity contribution in [1.82, 2.24) is 5.32 Å². The van der Waals surface area contributed by atoms with Gasteiger partial charge in [-0.15, -0.1) is 0 Å². The first-order chi connectivity index (χ1) is 12.4. The normalized spacial score (nSPS) is 19.8. The molecule has 2 aromatic carbocycles. The maximum atomic E-state index is 12.3. The van der Waals surface area contributed by atoms with E-state index in [-0.39, 0.29) is 36.0 Å². The zero-order valence-electron chi connectivity index (χ0n) is 14.9. The lowest BCUT2D eigenvalue weighted by Gasteiger charge is -2.17. The number of aryl methyl sites for hydroxylation is 1. The van der Waals surface area contributed by atoms with Gasteiger partial charge in [0.2, 0.25) is 0 Å². The Hall–Kier alpha value is -2.18. The molecule has 3 rings (SSSR count). The number of rotatable bonds is 6. The third-order valence-corrected chi connectivity index (χ3v) is 6.50. The van der Waals surface area contributed by atoms with E-state index in [1.807, 2.05) is 30.4 Å². The number of hydrogen-bond acceptors (Lipinski definition) is 3. The van der Waals surface area contributed by atoms with Gasteiger partial charge in [0, 0.05) is 17.2 Å². The zero-order valence-corrected chi connectivity index (χ0v) is 15.7. The minimum Gasteiger partial charge on any atom is -0.347 e. The maximum Gasteiger partial charge on any atom is 0.275 e. The van der Waals surface area contributed by atoms with E-state index in [0.717, 1.165) is 11.1 Å². The topological polar surface area (TPSA) is 79.8 Å². The van der Waals surface area contributed by atoms with Crippen LogP contribution in [0.15, 0.2) is 54.6 Å². The molecule has 1 aliphatic heterocycles. The van der Waals surface area contributed by atoms with E-state index >= 15 is 0 Å². The van der Waals surface area contributed by atoms with Crippen LogP contribution in [-0.2, 0) is 14.6 Å². The molecule has 0 saturated carbocycles. The molecule has 1 fully saturated rings. The Bertz CT molecular complexity index is 848. The number of quaternary nitrogens is 1. The standard InChI is InChI=1S/C20H24N2O3S/c1-15-7-9-17(10-8-15)20(16-5-3-2-4-6-16)21-13-19(23)22-18-11-12-26(24,25)14-18/h2-10,18,20-21H,11-14H2,1H3,(H,22,23)/p+1/t18-,20+/m1/s1. The van der Waals surface area contributed by atoms with Crippen molar-refractivity contribution in [3.05, 3.63) is 71.3 Å². The lowest BCUT2D eigenvalue weighted by Crippen LogP contribution is -2.88. The number of carbonyl (C=O) groups is 1. The summed E-state index contributed by atoms with van der Waals surface area (Å²) in [7, 11) is -2.99. The Morgan fingerprint density at radius 2 is 1.77 bits per heavy atom. The van der Waals surface area contributed by atoms with Crippen LogP contribution in [0.5, 0.6) is 0 Å². The summed E-state index contributed by atoms with van der Waals surface area (Å²) in [6, 6.07) is 18.2. The van der Waals surface area contributed by atoms with E-state index in [0.29, 0.717) is 6.42 Å². The molecule has 26 heavy (non-hydrogen) atoms. The molecule has 5 nitrogen and oxygen atoms in total. The second kappa shape index (κ2) is 8.01. The highest BCUT2D eigenvalue weighted by Crippen LogP contribution is 2.18. The Balaban J connectivity index is 1.66. The molecule has 1 heterocycles. The molecular weight excluding hydrogens is 348 g/mol. The van der Waals surface area contributed by atoms with Gasteiger partial charge in [-0.3, -0.25) is 4.79 Å². The number of benzene rings is 2. The quantitative estimate of drug-likeness (QED) is 0.791. The van der Waals surface area contributed by atoms with E-state index in [1.54, 1.807) is 0 Å². The summed E-state index contributed by atoms with van der Waals surface area (Å²) in [5, 5.41) is 4.85. The number of hydrogen-bond donors (Lipinski definition) is 2. The molecule has 0 spiro atoms. The summed E-state index contributed by atoms with van der Waals surface area (Å²) in [6.07, 6.45) is 0.508. The highest BCUT2D eigenvalue weighted by molar-refractivity contribution is 7.91. The number of nitrogens with one attached hydrogen (secondary N) is 1. The fourth-order valence-corrected chi connectivity index (χ4v) is 4.99. The van der Waals surface area contributed by atoms with Gasteiger partial charge in [0.15, 0.2) is 16.4 Å². The summed E-state index contributed by atoms with van der Waals surface area (Å²) in [6.45, 7) is 2.30. The third kappa shape index (κ3) is 4.93. The van der Waals surface area contributed by atoms with Crippen molar-refractivity contribution < 1.29 is 18.5 Å². The zero-order chi connectivity index (χ0) is 18.6. The summed E-state index contributed by atoms with van der Waals surface area (Å²) in [5.74, 6) is 0.0939. The van der Waals surface area contributed by atoms with Crippen molar-refractivity contribution in [2.24, 2.45) is 0 Å². The van der Waals surface area contributed by atoms with Crippen LogP contribution in [0.3, 0.4) is 0 Å². The van der Waals surface area contributed by atoms with Gasteiger partial charge < -0.3 is 10.6 Å². The number of nitrogens with two attached hydrogens (primary N) is 1. The third-order valence-electron chi connectivity index (χ3n) is 4.73. The highest BCUT2D eigenvalue weighted by Gasteiger charge is 2.29. The Kier molecular flexibility index (Phi) is 5.74. The van der Waals surface area contributed by atoms with Gasteiger partial charge in [-0.2, -0.15) is 0 Å². The van der Waals surface area contributed by atoms with Crippen molar-refractivity contribution in [3.8, 4) is 0 Å². The van der Waals surface area contributed by atoms with Crippen molar-refractivity contribution in [3.63, 3.8) is 0 Å². The molecule has 6 heteroatoms. The minimum atomic E-state index is -2.99. The van der Waals surface area contributed by atoms with Gasteiger partial charge in [-0.05, 0) is 13.3 Å². The average Bonchev–Trinajstić information content (AvgIpc) is 2.96. The van der Waals surface area contributed by atoms with E-state index in [9.17, 15) is 13.2 Å². The second-order valence-corrected chi connectivity index (χ2v) is 9.14. The molecular formula is C20H25N2O3S+. The van der Waals surface area contributed by atoms with Crippen LogP contribution in [-0.4, -0.2) is 38.4 Å². The van der Waals surface area contributed by atoms with Gasteiger partial charge in [0.05, 0.1) is 11.5 Å². The largest absolute Gasteiger partial charge is 0.347 e. The van der Waals surface area contributed by atoms with Crippen LogP contribution in [0.25, 0.3) is 0 Å². The van der Waals surface area contributed by atoms with E-state index in [1.165, 1.54) is 5.56 Å². The van der Waals surface area contributed by atoms with Crippen LogP contribution >= 0.6 is 0 Å². The first kappa shape index (κ1) is 18.6. The molecule has 138 valence electrons. The Morgan fingerprint density at radius 3 is 2.38 bits per heavy atom. The van der Waals surface area contributed by atoms with Crippen LogP contribution in [0.4, 0.5) is 0 Å². The van der Waals surface area contributed by atoms with Gasteiger partial charge in [-0.1, -0.05) is 60.2 Å². The van der Waals surface area contributed by atoms with Gasteiger partial charge in [-0.25, -0.2) is 8.42 Å². The monoisotopic (exact) mass is 373 g/mol. The molecule has 0 aromatic heterocycles. The molecule has 1 amide bonds. The first-order valence-corrected chi connectivity index (χ1v) is 10.7. The fraction of sp³-hybridized carbons (Fsp3) is 0.350. The Morgan fingerprint density at radius 1 is 1.12 bits per heavy atom.